The van der Waals surface area contributed by atoms with Gasteiger partial charge in [-0.05, 0) is 33.9 Å². The van der Waals surface area contributed by atoms with Crippen molar-refractivity contribution in [2.45, 2.75) is 20.3 Å². The Morgan fingerprint density at radius 3 is 2.54 bits per heavy atom. The number of amides is 1. The van der Waals surface area contributed by atoms with Gasteiger partial charge < -0.3 is 5.73 Å². The number of likely N-dealkylation sites (N-methyl/N-ethyl adjacent to an activating group) is 1. The Morgan fingerprint density at radius 1 is 1.62 bits per heavy atom. The molecule has 2 N–H and O–H groups in total. The van der Waals surface area contributed by atoms with Crippen LogP contribution in [0.3, 0.4) is 0 Å². The Balaban J connectivity index is 3.77. The topological polar surface area (TPSA) is 70.1 Å². The van der Waals surface area contributed by atoms with E-state index in [9.17, 15) is 4.79 Å². The molecule has 0 aliphatic rings. The summed E-state index contributed by atoms with van der Waals surface area (Å²) in [5.74, 6) is -0.336. The van der Waals surface area contributed by atoms with E-state index in [1.54, 1.807) is 0 Å². The highest BCUT2D eigenvalue weighted by Gasteiger charge is 2.17. The van der Waals surface area contributed by atoms with Crippen molar-refractivity contribution in [3.8, 4) is 6.07 Å². The van der Waals surface area contributed by atoms with E-state index in [-0.39, 0.29) is 17.9 Å². The van der Waals surface area contributed by atoms with Gasteiger partial charge in [0, 0.05) is 0 Å². The van der Waals surface area contributed by atoms with Crippen LogP contribution < -0.4 is 5.73 Å². The number of rotatable bonds is 5. The third-order valence-electron chi connectivity index (χ3n) is 1.85. The molecule has 0 saturated heterocycles. The molecule has 0 heterocycles. The largest absolute Gasteiger partial charge is 0.369 e. The van der Waals surface area contributed by atoms with Gasteiger partial charge in [-0.25, -0.2) is 0 Å². The van der Waals surface area contributed by atoms with Gasteiger partial charge in [-0.3, -0.25) is 9.69 Å². The quantitative estimate of drug-likeness (QED) is 0.668. The predicted molar refractivity (Wildman–Crippen MR) is 50.7 cm³/mol. The van der Waals surface area contributed by atoms with E-state index < -0.39 is 0 Å². The zero-order valence-corrected chi connectivity index (χ0v) is 8.50. The van der Waals surface area contributed by atoms with Gasteiger partial charge in [-0.2, -0.15) is 5.26 Å². The number of nitrogens with two attached hydrogens (primary N) is 1. The highest BCUT2D eigenvalue weighted by molar-refractivity contribution is 5.75. The van der Waals surface area contributed by atoms with Crippen LogP contribution in [-0.4, -0.2) is 30.9 Å². The Morgan fingerprint density at radius 2 is 2.15 bits per heavy atom. The maximum Gasteiger partial charge on any atom is 0.231 e. The molecular weight excluding hydrogens is 166 g/mol. The summed E-state index contributed by atoms with van der Waals surface area (Å²) in [5, 5.41) is 8.73. The number of hydrogen-bond donors (Lipinski definition) is 1. The summed E-state index contributed by atoms with van der Waals surface area (Å²) < 4.78 is 0. The van der Waals surface area contributed by atoms with E-state index >= 15 is 0 Å². The third kappa shape index (κ3) is 6.12. The molecule has 0 aromatic rings. The van der Waals surface area contributed by atoms with Gasteiger partial charge in [-0.15, -0.1) is 0 Å². The Labute approximate surface area is 79.3 Å². The molecule has 0 aliphatic carbocycles. The van der Waals surface area contributed by atoms with Crippen LogP contribution in [0.4, 0.5) is 0 Å². The summed E-state index contributed by atoms with van der Waals surface area (Å²) in [6, 6.07) is 2.21. The fraction of sp³-hybridized carbons (Fsp3) is 0.778. The SMILES string of the molecule is CN(CCC(C)(C)C#N)CC(N)=O. The smallest absolute Gasteiger partial charge is 0.231 e. The van der Waals surface area contributed by atoms with Gasteiger partial charge >= 0.3 is 0 Å². The molecule has 4 nitrogen and oxygen atoms in total. The van der Waals surface area contributed by atoms with Crippen molar-refractivity contribution in [3.63, 3.8) is 0 Å². The lowest BCUT2D eigenvalue weighted by Gasteiger charge is -2.20. The summed E-state index contributed by atoms with van der Waals surface area (Å²) in [7, 11) is 1.82. The molecule has 0 rings (SSSR count). The van der Waals surface area contributed by atoms with Crippen LogP contribution in [0.1, 0.15) is 20.3 Å². The van der Waals surface area contributed by atoms with Crippen molar-refractivity contribution in [2.24, 2.45) is 11.1 Å². The summed E-state index contributed by atoms with van der Waals surface area (Å²) in [6.45, 7) is 4.72. The number of hydrogen-bond acceptors (Lipinski definition) is 3. The molecule has 0 spiro atoms. The molecule has 0 radical (unpaired) electrons. The van der Waals surface area contributed by atoms with Gasteiger partial charge in [0.15, 0.2) is 0 Å². The van der Waals surface area contributed by atoms with E-state index in [0.29, 0.717) is 6.54 Å². The average Bonchev–Trinajstić information content (AvgIpc) is 2.00. The second-order valence-corrected chi connectivity index (χ2v) is 3.95. The molecule has 4 heteroatoms. The maximum atomic E-state index is 10.5. The van der Waals surface area contributed by atoms with Crippen LogP contribution in [0.2, 0.25) is 0 Å². The highest BCUT2D eigenvalue weighted by Crippen LogP contribution is 2.18. The zero-order valence-electron chi connectivity index (χ0n) is 8.50. The maximum absolute atomic E-state index is 10.5. The van der Waals surface area contributed by atoms with Gasteiger partial charge in [0.2, 0.25) is 5.91 Å². The molecule has 0 saturated carbocycles. The van der Waals surface area contributed by atoms with Crippen molar-refractivity contribution in [2.75, 3.05) is 20.1 Å². The second kappa shape index (κ2) is 4.83. The number of nitrogens with zero attached hydrogens (tertiary/aromatic N) is 2. The Bertz CT molecular complexity index is 217. The molecule has 0 fully saturated rings. The summed E-state index contributed by atoms with van der Waals surface area (Å²) in [5.41, 5.74) is 4.69. The molecule has 0 aliphatic heterocycles. The molecule has 0 unspecified atom stereocenters. The number of nitriles is 1. The first-order chi connectivity index (χ1) is 5.87. The van der Waals surface area contributed by atoms with E-state index in [1.807, 2.05) is 25.8 Å². The van der Waals surface area contributed by atoms with Crippen molar-refractivity contribution < 1.29 is 4.79 Å². The van der Waals surface area contributed by atoms with E-state index in [1.165, 1.54) is 0 Å². The number of primary amides is 1. The van der Waals surface area contributed by atoms with Crippen molar-refractivity contribution in [3.05, 3.63) is 0 Å². The standard InChI is InChI=1S/C9H17N3O/c1-9(2,7-10)4-5-12(3)6-8(11)13/h4-6H2,1-3H3,(H2,11,13). The normalized spacial score (nSPS) is 11.3. The first kappa shape index (κ1) is 11.9. The van der Waals surface area contributed by atoms with E-state index in [4.69, 9.17) is 11.0 Å². The van der Waals surface area contributed by atoms with E-state index in [2.05, 4.69) is 6.07 Å². The fourth-order valence-corrected chi connectivity index (χ4v) is 0.871. The van der Waals surface area contributed by atoms with Crippen LogP contribution in [0, 0.1) is 16.7 Å². The minimum Gasteiger partial charge on any atom is -0.369 e. The van der Waals surface area contributed by atoms with Crippen LogP contribution in [0.15, 0.2) is 0 Å². The van der Waals surface area contributed by atoms with Crippen LogP contribution in [0.25, 0.3) is 0 Å². The van der Waals surface area contributed by atoms with Gasteiger partial charge in [0.25, 0.3) is 0 Å². The van der Waals surface area contributed by atoms with Gasteiger partial charge in [0.1, 0.15) is 0 Å². The molecule has 0 aromatic carbocycles. The Kier molecular flexibility index (Phi) is 4.43. The Hall–Kier alpha value is -1.08. The molecule has 0 bridgehead atoms. The number of carbonyl (C=O) groups excluding carboxylic acids is 1. The summed E-state index contributed by atoms with van der Waals surface area (Å²) in [6.07, 6.45) is 0.743. The van der Waals surface area contributed by atoms with Crippen molar-refractivity contribution in [1.82, 2.24) is 4.90 Å². The first-order valence-corrected chi connectivity index (χ1v) is 4.25. The first-order valence-electron chi connectivity index (χ1n) is 4.25. The van der Waals surface area contributed by atoms with Crippen LogP contribution >= 0.6 is 0 Å². The monoisotopic (exact) mass is 183 g/mol. The minimum absolute atomic E-state index is 0.251. The van der Waals surface area contributed by atoms with Crippen molar-refractivity contribution in [1.29, 1.82) is 5.26 Å². The lowest BCUT2D eigenvalue weighted by molar-refractivity contribution is -0.118. The summed E-state index contributed by atoms with van der Waals surface area (Å²) >= 11 is 0. The zero-order chi connectivity index (χ0) is 10.5. The molecule has 0 aromatic heterocycles. The molecule has 74 valence electrons. The highest BCUT2D eigenvalue weighted by atomic mass is 16.1. The van der Waals surface area contributed by atoms with Gasteiger partial charge in [-0.1, -0.05) is 0 Å². The lowest BCUT2D eigenvalue weighted by Crippen LogP contribution is -2.32. The molecular formula is C9H17N3O. The fourth-order valence-electron chi connectivity index (χ4n) is 0.871. The minimum atomic E-state index is -0.336. The molecule has 1 amide bonds. The number of carbonyl (C=O) groups is 1. The van der Waals surface area contributed by atoms with Crippen LogP contribution in [0.5, 0.6) is 0 Å². The molecule has 13 heavy (non-hydrogen) atoms. The third-order valence-corrected chi connectivity index (χ3v) is 1.85. The molecule has 0 atom stereocenters. The van der Waals surface area contributed by atoms with Crippen molar-refractivity contribution >= 4 is 5.91 Å². The average molecular weight is 183 g/mol. The summed E-state index contributed by atoms with van der Waals surface area (Å²) in [4.78, 5) is 12.3. The second-order valence-electron chi connectivity index (χ2n) is 3.95. The van der Waals surface area contributed by atoms with E-state index in [0.717, 1.165) is 6.42 Å². The lowest BCUT2D eigenvalue weighted by atomic mass is 9.91. The predicted octanol–water partition coefficient (Wildman–Crippen LogP) is 0.343. The van der Waals surface area contributed by atoms with Crippen LogP contribution in [-0.2, 0) is 4.79 Å². The van der Waals surface area contributed by atoms with Gasteiger partial charge in [0.05, 0.1) is 18.0 Å².